The minimum absolute atomic E-state index is 0.00344. The first kappa shape index (κ1) is 46.4. The highest BCUT2D eigenvalue weighted by molar-refractivity contribution is 7.99. The van der Waals surface area contributed by atoms with Gasteiger partial charge in [-0.25, -0.2) is 4.79 Å². The molecule has 1 saturated heterocycles. The van der Waals surface area contributed by atoms with Crippen molar-refractivity contribution in [1.82, 2.24) is 39.3 Å². The molecule has 1 atom stereocenters. The normalized spacial score (nSPS) is 14.2. The summed E-state index contributed by atoms with van der Waals surface area (Å²) in [6.07, 6.45) is 18.1. The van der Waals surface area contributed by atoms with Crippen LogP contribution in [-0.4, -0.2) is 90.1 Å². The molecule has 0 saturated carbocycles. The van der Waals surface area contributed by atoms with E-state index >= 15 is 0 Å². The van der Waals surface area contributed by atoms with Crippen LogP contribution in [0, 0.1) is 0 Å². The highest BCUT2D eigenvalue weighted by Crippen LogP contribution is 2.43. The molecule has 354 valence electrons. The number of benzene rings is 4. The second-order valence-corrected chi connectivity index (χ2v) is 19.2. The van der Waals surface area contributed by atoms with E-state index in [9.17, 15) is 19.2 Å². The molecule has 8 aromatic rings. The third kappa shape index (κ3) is 9.64. The molecular weight excluding hydrogens is 925 g/mol. The Hall–Kier alpha value is -7.34. The zero-order chi connectivity index (χ0) is 48.1. The quantitative estimate of drug-likeness (QED) is 0.0809. The smallest absolute Gasteiger partial charge is 0.343 e. The second kappa shape index (κ2) is 20.7. The molecule has 70 heavy (non-hydrogen) atoms. The van der Waals surface area contributed by atoms with Gasteiger partial charge in [0.15, 0.2) is 23.0 Å². The van der Waals surface area contributed by atoms with E-state index in [0.717, 1.165) is 76.3 Å². The molecule has 4 aromatic carbocycles. The van der Waals surface area contributed by atoms with Crippen molar-refractivity contribution in [3.8, 4) is 34.4 Å². The van der Waals surface area contributed by atoms with Gasteiger partial charge in [-0.05, 0) is 88.3 Å². The zero-order valence-electron chi connectivity index (χ0n) is 38.5. The zero-order valence-corrected chi connectivity index (χ0v) is 40.1. The third-order valence-electron chi connectivity index (χ3n) is 12.4. The van der Waals surface area contributed by atoms with Crippen molar-refractivity contribution in [2.45, 2.75) is 54.9 Å². The van der Waals surface area contributed by atoms with Crippen molar-refractivity contribution in [1.29, 1.82) is 0 Å². The van der Waals surface area contributed by atoms with Crippen molar-refractivity contribution in [2.75, 3.05) is 38.2 Å². The van der Waals surface area contributed by atoms with Gasteiger partial charge in [-0.15, -0.1) is 23.5 Å². The van der Waals surface area contributed by atoms with E-state index in [1.165, 1.54) is 6.42 Å². The Balaban J connectivity index is 0.000000165. The fourth-order valence-electron chi connectivity index (χ4n) is 9.00. The van der Waals surface area contributed by atoms with Gasteiger partial charge in [-0.2, -0.15) is 0 Å². The average molecular weight is 973 g/mol. The summed E-state index contributed by atoms with van der Waals surface area (Å²) in [7, 11) is 2.12. The average Bonchev–Trinajstić information content (AvgIpc) is 3.79. The summed E-state index contributed by atoms with van der Waals surface area (Å²) in [4.78, 5) is 73.7. The predicted octanol–water partition coefficient (Wildman–Crippen LogP) is 8.83. The van der Waals surface area contributed by atoms with E-state index in [1.54, 1.807) is 80.0 Å². The molecule has 1 N–H and O–H groups in total. The first-order chi connectivity index (χ1) is 34.2. The Morgan fingerprint density at radius 3 is 1.79 bits per heavy atom. The maximum absolute atomic E-state index is 13.7. The van der Waals surface area contributed by atoms with Crippen LogP contribution in [-0.2, 0) is 17.6 Å². The molecule has 1 fully saturated rings. The molecule has 1 unspecified atom stereocenters. The molecule has 7 heterocycles. The van der Waals surface area contributed by atoms with E-state index < -0.39 is 5.97 Å². The molecular formula is C53H48N8O7S2. The molecule has 0 bridgehead atoms. The number of aryl methyl sites for hydroxylation is 2. The molecule has 15 nitrogen and oxygen atoms in total. The number of thioether (sulfide) groups is 2. The van der Waals surface area contributed by atoms with Gasteiger partial charge in [0.25, 0.3) is 5.91 Å². The molecule has 4 aromatic heterocycles. The van der Waals surface area contributed by atoms with E-state index in [-0.39, 0.29) is 34.5 Å². The van der Waals surface area contributed by atoms with E-state index in [0.29, 0.717) is 57.4 Å². The molecule has 3 aliphatic rings. The van der Waals surface area contributed by atoms with Crippen LogP contribution in [0.15, 0.2) is 142 Å². The number of esters is 1. The topological polar surface area (TPSA) is 173 Å². The number of ether oxygens (including phenoxy) is 3. The maximum Gasteiger partial charge on any atom is 0.343 e. The lowest BCUT2D eigenvalue weighted by Gasteiger charge is -2.24. The van der Waals surface area contributed by atoms with Crippen LogP contribution in [0.3, 0.4) is 0 Å². The largest absolute Gasteiger partial charge is 0.462 e. The molecule has 0 spiro atoms. The monoisotopic (exact) mass is 972 g/mol. The number of para-hydroxylation sites is 4. The third-order valence-corrected chi connectivity index (χ3v) is 14.4. The second-order valence-electron chi connectivity index (χ2n) is 16.9. The van der Waals surface area contributed by atoms with Gasteiger partial charge in [0.05, 0.1) is 40.1 Å². The van der Waals surface area contributed by atoms with Crippen molar-refractivity contribution in [2.24, 2.45) is 0 Å². The Morgan fingerprint density at radius 2 is 1.27 bits per heavy atom. The first-order valence-corrected chi connectivity index (χ1v) is 25.1. The van der Waals surface area contributed by atoms with Gasteiger partial charge in [0.2, 0.25) is 10.9 Å². The fourth-order valence-corrected chi connectivity index (χ4v) is 10.9. The van der Waals surface area contributed by atoms with Crippen LogP contribution >= 0.6 is 23.5 Å². The van der Waals surface area contributed by atoms with Crippen LogP contribution in [0.5, 0.6) is 23.0 Å². The number of amides is 1. The summed E-state index contributed by atoms with van der Waals surface area (Å²) in [6, 6.07) is 23.3. The number of hydrogen-bond donors (Lipinski definition) is 1. The van der Waals surface area contributed by atoms with Crippen molar-refractivity contribution in [3.05, 3.63) is 165 Å². The molecule has 11 rings (SSSR count). The Labute approximate surface area is 411 Å². The Kier molecular flexibility index (Phi) is 13.7. The number of carbonyl (C=O) groups excluding carboxylic acids is 2. The summed E-state index contributed by atoms with van der Waals surface area (Å²) in [5, 5.41) is 3.89. The van der Waals surface area contributed by atoms with Crippen LogP contribution in [0.25, 0.3) is 33.2 Å². The number of rotatable bonds is 14. The van der Waals surface area contributed by atoms with Gasteiger partial charge in [-0.3, -0.25) is 34.3 Å². The molecule has 3 aliphatic heterocycles. The van der Waals surface area contributed by atoms with Gasteiger partial charge >= 0.3 is 5.97 Å². The highest BCUT2D eigenvalue weighted by atomic mass is 32.2. The minimum atomic E-state index is -0.630. The molecule has 0 radical (unpaired) electrons. The van der Waals surface area contributed by atoms with Gasteiger partial charge in [-0.1, -0.05) is 24.3 Å². The predicted molar refractivity (Wildman–Crippen MR) is 271 cm³/mol. The summed E-state index contributed by atoms with van der Waals surface area (Å²) in [5.41, 5.74) is 4.19. The molecule has 17 heteroatoms. The lowest BCUT2D eigenvalue weighted by Crippen LogP contribution is -2.34. The van der Waals surface area contributed by atoms with Gasteiger partial charge < -0.3 is 33.6 Å². The number of fused-ring (bicyclic) bond motifs is 4. The van der Waals surface area contributed by atoms with Crippen molar-refractivity contribution < 1.29 is 23.8 Å². The lowest BCUT2D eigenvalue weighted by molar-refractivity contribution is 0.0524. The fraction of sp³-hybridized carbons (Fsp3) is 0.245. The highest BCUT2D eigenvalue weighted by Gasteiger charge is 2.28. The van der Waals surface area contributed by atoms with Crippen LogP contribution in [0.4, 0.5) is 0 Å². The standard InChI is InChI=1S/C29H29N5O3S.C24H19N3O4S/c1-33-13-4-5-20(33)8-10-32-29(36)23-18-34-24-6-2-3-7-25(24)37-26-16-21(15-22(27(26)34)28(23)35)38-14-9-19-17-30-11-12-31-19;1-2-30-24(29)18-14-27-19-5-3-4-6-20(19)31-21-12-16(11-17(22(21)27)23(18)28)32-10-7-15-13-25-8-9-26-15/h2-3,6-7,11-12,15-18,20H,4-5,8-10,13-14H2,1H3,(H,32,36);3-6,8-9,11-14H,2,7,10H2,1H3. The number of nitrogens with zero attached hydrogens (tertiary/aromatic N) is 7. The van der Waals surface area contributed by atoms with Gasteiger partial charge in [0, 0.05) is 96.3 Å². The van der Waals surface area contributed by atoms with Gasteiger partial charge in [0.1, 0.15) is 22.2 Å². The number of pyridine rings is 2. The maximum atomic E-state index is 13.7. The molecule has 0 aliphatic carbocycles. The van der Waals surface area contributed by atoms with Crippen molar-refractivity contribution >= 4 is 57.2 Å². The van der Waals surface area contributed by atoms with Crippen LogP contribution in [0.2, 0.25) is 0 Å². The Morgan fingerprint density at radius 1 is 0.729 bits per heavy atom. The SMILES string of the molecule is CCOC(=O)c1cn2c3c(cc(SCCc4cnccn4)cc3c1=O)Oc1ccccc1-2.CN1CCCC1CCNC(=O)c1cn2c3c(cc(SCCc4cnccn4)cc3c1=O)Oc1ccccc1-2. The summed E-state index contributed by atoms with van der Waals surface area (Å²) < 4.78 is 21.3. The van der Waals surface area contributed by atoms with Crippen molar-refractivity contribution in [3.63, 3.8) is 0 Å². The lowest BCUT2D eigenvalue weighted by atomic mass is 10.1. The number of carbonyl (C=O) groups is 2. The van der Waals surface area contributed by atoms with E-state index in [1.807, 2.05) is 81.9 Å². The number of aromatic nitrogens is 6. The van der Waals surface area contributed by atoms with E-state index in [2.05, 4.69) is 37.2 Å². The summed E-state index contributed by atoms with van der Waals surface area (Å²) in [6.45, 7) is 3.54. The molecule has 1 amide bonds. The van der Waals surface area contributed by atoms with E-state index in [4.69, 9.17) is 14.2 Å². The van der Waals surface area contributed by atoms with Crippen LogP contribution < -0.4 is 25.6 Å². The number of hydrogen-bond acceptors (Lipinski definition) is 14. The summed E-state index contributed by atoms with van der Waals surface area (Å²) in [5.74, 6) is 3.08. The first-order valence-electron chi connectivity index (χ1n) is 23.2. The minimum Gasteiger partial charge on any atom is -0.462 e. The van der Waals surface area contributed by atoms with Crippen LogP contribution in [0.1, 0.15) is 58.3 Å². The summed E-state index contributed by atoms with van der Waals surface area (Å²) >= 11 is 3.21. The number of nitrogens with one attached hydrogen (secondary N) is 1. The number of likely N-dealkylation sites (tertiary alicyclic amines) is 1. The Bertz CT molecular complexity index is 3390.